The Morgan fingerprint density at radius 3 is 2.75 bits per heavy atom. The molecule has 0 fully saturated rings. The maximum absolute atomic E-state index is 13.0. The predicted octanol–water partition coefficient (Wildman–Crippen LogP) is 3.31. The first-order valence-electron chi connectivity index (χ1n) is 4.60. The van der Waals surface area contributed by atoms with Crippen molar-refractivity contribution in [1.29, 1.82) is 0 Å². The second-order valence-electron chi connectivity index (χ2n) is 3.20. The van der Waals surface area contributed by atoms with E-state index in [1.165, 1.54) is 6.07 Å². The second kappa shape index (κ2) is 4.49. The van der Waals surface area contributed by atoms with E-state index in [1.54, 1.807) is 30.3 Å². The van der Waals surface area contributed by atoms with Crippen molar-refractivity contribution >= 4 is 33.3 Å². The summed E-state index contributed by atoms with van der Waals surface area (Å²) in [5.74, 6) is 0.760. The highest BCUT2D eigenvalue weighted by atomic mass is 79.9. The van der Waals surface area contributed by atoms with Crippen molar-refractivity contribution < 1.29 is 4.39 Å². The fraction of sp³-hybridized carbons (Fsp3) is 0. The van der Waals surface area contributed by atoms with Crippen LogP contribution in [-0.4, -0.2) is 4.98 Å². The lowest BCUT2D eigenvalue weighted by atomic mass is 10.3. The molecular formula is C11H9BrFN3. The van der Waals surface area contributed by atoms with Gasteiger partial charge in [0.1, 0.15) is 17.5 Å². The molecule has 1 heterocycles. The predicted molar refractivity (Wildman–Crippen MR) is 66.0 cm³/mol. The molecule has 0 saturated carbocycles. The number of pyridine rings is 1. The maximum Gasteiger partial charge on any atom is 0.137 e. The van der Waals surface area contributed by atoms with Gasteiger partial charge in [0.15, 0.2) is 0 Å². The highest BCUT2D eigenvalue weighted by molar-refractivity contribution is 9.10. The molecule has 3 nitrogen and oxygen atoms in total. The van der Waals surface area contributed by atoms with Crippen LogP contribution < -0.4 is 11.1 Å². The first-order valence-corrected chi connectivity index (χ1v) is 5.39. The lowest BCUT2D eigenvalue weighted by Gasteiger charge is -2.06. The molecule has 1 aromatic carbocycles. The third kappa shape index (κ3) is 2.49. The topological polar surface area (TPSA) is 50.9 Å². The molecule has 5 heteroatoms. The SMILES string of the molecule is Nc1cccc(Nc2ccc(F)c(Br)c2)n1. The molecule has 3 N–H and O–H groups in total. The standard InChI is InChI=1S/C11H9BrFN3/c12-8-6-7(4-5-9(8)13)15-11-3-1-2-10(14)16-11/h1-6H,(H3,14,15,16). The lowest BCUT2D eigenvalue weighted by Crippen LogP contribution is -1.96. The number of nitrogens with zero attached hydrogens (tertiary/aromatic N) is 1. The molecular weight excluding hydrogens is 273 g/mol. The minimum atomic E-state index is -0.300. The van der Waals surface area contributed by atoms with Crippen LogP contribution in [0.1, 0.15) is 0 Å². The van der Waals surface area contributed by atoms with Gasteiger partial charge in [0.05, 0.1) is 4.47 Å². The summed E-state index contributed by atoms with van der Waals surface area (Å²) in [5, 5.41) is 3.02. The number of nitrogen functional groups attached to an aromatic ring is 1. The fourth-order valence-electron chi connectivity index (χ4n) is 1.24. The zero-order valence-corrected chi connectivity index (χ0v) is 9.83. The van der Waals surface area contributed by atoms with Gasteiger partial charge in [-0.15, -0.1) is 0 Å². The van der Waals surface area contributed by atoms with Crippen LogP contribution in [0.5, 0.6) is 0 Å². The molecule has 0 bridgehead atoms. The minimum absolute atomic E-state index is 0.300. The van der Waals surface area contributed by atoms with Gasteiger partial charge in [-0.25, -0.2) is 9.37 Å². The lowest BCUT2D eigenvalue weighted by molar-refractivity contribution is 0.621. The van der Waals surface area contributed by atoms with Crippen LogP contribution in [0.4, 0.5) is 21.7 Å². The van der Waals surface area contributed by atoms with E-state index >= 15 is 0 Å². The van der Waals surface area contributed by atoms with Gasteiger partial charge in [0, 0.05) is 5.69 Å². The fourth-order valence-corrected chi connectivity index (χ4v) is 1.62. The number of nitrogens with two attached hydrogens (primary N) is 1. The quantitative estimate of drug-likeness (QED) is 0.888. The molecule has 0 radical (unpaired) electrons. The third-order valence-corrected chi connectivity index (χ3v) is 2.57. The first-order chi connectivity index (χ1) is 7.65. The maximum atomic E-state index is 13.0. The molecule has 2 rings (SSSR count). The number of hydrogen-bond acceptors (Lipinski definition) is 3. The zero-order chi connectivity index (χ0) is 11.5. The number of hydrogen-bond donors (Lipinski definition) is 2. The summed E-state index contributed by atoms with van der Waals surface area (Å²) in [7, 11) is 0. The summed E-state index contributed by atoms with van der Waals surface area (Å²) in [6.45, 7) is 0. The van der Waals surface area contributed by atoms with Gasteiger partial charge < -0.3 is 11.1 Å². The number of halogens is 2. The largest absolute Gasteiger partial charge is 0.384 e. The van der Waals surface area contributed by atoms with Gasteiger partial charge >= 0.3 is 0 Å². The van der Waals surface area contributed by atoms with Crippen molar-refractivity contribution in [2.75, 3.05) is 11.1 Å². The normalized spacial score (nSPS) is 10.1. The van der Waals surface area contributed by atoms with Crippen molar-refractivity contribution in [3.8, 4) is 0 Å². The minimum Gasteiger partial charge on any atom is -0.384 e. The molecule has 0 amide bonds. The van der Waals surface area contributed by atoms with E-state index in [9.17, 15) is 4.39 Å². The number of anilines is 3. The van der Waals surface area contributed by atoms with E-state index < -0.39 is 0 Å². The van der Waals surface area contributed by atoms with Crippen molar-refractivity contribution in [3.63, 3.8) is 0 Å². The van der Waals surface area contributed by atoms with E-state index in [0.29, 0.717) is 16.1 Å². The van der Waals surface area contributed by atoms with Gasteiger partial charge in [0.2, 0.25) is 0 Å². The first kappa shape index (κ1) is 10.9. The Labute approximate surface area is 101 Å². The number of nitrogens with one attached hydrogen (secondary N) is 1. The molecule has 0 saturated heterocycles. The number of rotatable bonds is 2. The highest BCUT2D eigenvalue weighted by Gasteiger charge is 2.01. The molecule has 82 valence electrons. The van der Waals surface area contributed by atoms with Crippen LogP contribution >= 0.6 is 15.9 Å². The van der Waals surface area contributed by atoms with Crippen LogP contribution in [0, 0.1) is 5.82 Å². The third-order valence-electron chi connectivity index (χ3n) is 1.96. The Bertz CT molecular complexity index is 516. The van der Waals surface area contributed by atoms with Gasteiger partial charge in [-0.2, -0.15) is 0 Å². The molecule has 0 aliphatic carbocycles. The van der Waals surface area contributed by atoms with Gasteiger partial charge in [-0.1, -0.05) is 6.07 Å². The summed E-state index contributed by atoms with van der Waals surface area (Å²) in [6, 6.07) is 9.92. The number of aromatic nitrogens is 1. The number of benzene rings is 1. The van der Waals surface area contributed by atoms with Crippen molar-refractivity contribution in [1.82, 2.24) is 4.98 Å². The van der Waals surface area contributed by atoms with Crippen LogP contribution in [-0.2, 0) is 0 Å². The van der Waals surface area contributed by atoms with E-state index in [2.05, 4.69) is 26.2 Å². The Balaban J connectivity index is 2.24. The van der Waals surface area contributed by atoms with Gasteiger partial charge in [-0.05, 0) is 46.3 Å². The molecule has 0 aliphatic heterocycles. The molecule has 1 aromatic heterocycles. The van der Waals surface area contributed by atoms with Crippen LogP contribution in [0.25, 0.3) is 0 Å². The van der Waals surface area contributed by atoms with E-state index in [0.717, 1.165) is 5.69 Å². The summed E-state index contributed by atoms with van der Waals surface area (Å²) in [6.07, 6.45) is 0. The van der Waals surface area contributed by atoms with Crippen LogP contribution in [0.15, 0.2) is 40.9 Å². The smallest absolute Gasteiger partial charge is 0.137 e. The summed E-state index contributed by atoms with van der Waals surface area (Å²) in [4.78, 5) is 4.08. The molecule has 2 aromatic rings. The average Bonchev–Trinajstić information content (AvgIpc) is 2.24. The Kier molecular flexibility index (Phi) is 3.05. The van der Waals surface area contributed by atoms with Crippen molar-refractivity contribution in [3.05, 3.63) is 46.7 Å². The Morgan fingerprint density at radius 1 is 1.25 bits per heavy atom. The molecule has 0 aliphatic rings. The molecule has 16 heavy (non-hydrogen) atoms. The zero-order valence-electron chi connectivity index (χ0n) is 8.24. The van der Waals surface area contributed by atoms with Gasteiger partial charge in [0.25, 0.3) is 0 Å². The van der Waals surface area contributed by atoms with Gasteiger partial charge in [-0.3, -0.25) is 0 Å². The average molecular weight is 282 g/mol. The highest BCUT2D eigenvalue weighted by Crippen LogP contribution is 2.22. The van der Waals surface area contributed by atoms with E-state index in [1.807, 2.05) is 0 Å². The molecule has 0 unspecified atom stereocenters. The van der Waals surface area contributed by atoms with E-state index in [-0.39, 0.29) is 5.82 Å². The monoisotopic (exact) mass is 281 g/mol. The Hall–Kier alpha value is -1.62. The van der Waals surface area contributed by atoms with Crippen LogP contribution in [0.2, 0.25) is 0 Å². The summed E-state index contributed by atoms with van der Waals surface area (Å²) < 4.78 is 13.4. The Morgan fingerprint density at radius 2 is 2.06 bits per heavy atom. The van der Waals surface area contributed by atoms with Crippen LogP contribution in [0.3, 0.4) is 0 Å². The van der Waals surface area contributed by atoms with Crippen molar-refractivity contribution in [2.45, 2.75) is 0 Å². The summed E-state index contributed by atoms with van der Waals surface area (Å²) >= 11 is 3.11. The summed E-state index contributed by atoms with van der Waals surface area (Å²) in [5.41, 5.74) is 6.29. The van der Waals surface area contributed by atoms with E-state index in [4.69, 9.17) is 5.73 Å². The second-order valence-corrected chi connectivity index (χ2v) is 4.06. The van der Waals surface area contributed by atoms with Crippen molar-refractivity contribution in [2.24, 2.45) is 0 Å². The molecule has 0 atom stereocenters. The molecule has 0 spiro atoms.